The van der Waals surface area contributed by atoms with Gasteiger partial charge in [-0.05, 0) is 55.3 Å². The van der Waals surface area contributed by atoms with Crippen LogP contribution in [0.4, 0.5) is 0 Å². The quantitative estimate of drug-likeness (QED) is 0.707. The van der Waals surface area contributed by atoms with Crippen LogP contribution in [0.25, 0.3) is 0 Å². The number of halogens is 2. The van der Waals surface area contributed by atoms with E-state index in [0.717, 1.165) is 8.96 Å². The second-order valence-electron chi connectivity index (χ2n) is 6.29. The molecule has 1 aliphatic carbocycles. The number of hydrogen-bond donors (Lipinski definition) is 1. The first-order chi connectivity index (χ1) is 10.7. The van der Waals surface area contributed by atoms with Crippen LogP contribution in [-0.2, 0) is 17.8 Å². The zero-order valence-electron chi connectivity index (χ0n) is 12.8. The fourth-order valence-electron chi connectivity index (χ4n) is 3.50. The number of carboxylic acids is 1. The van der Waals surface area contributed by atoms with Crippen molar-refractivity contribution >= 4 is 37.8 Å². The second-order valence-corrected chi connectivity index (χ2v) is 9.06. The smallest absolute Gasteiger partial charge is 0.311 e. The van der Waals surface area contributed by atoms with Gasteiger partial charge in [-0.15, -0.1) is 6.42 Å². The Morgan fingerprint density at radius 1 is 1.57 bits per heavy atom. The van der Waals surface area contributed by atoms with Crippen molar-refractivity contribution in [1.82, 2.24) is 4.57 Å². The number of rotatable bonds is 5. The topological polar surface area (TPSA) is 66.0 Å². The molecule has 0 unspecified atom stereocenters. The van der Waals surface area contributed by atoms with E-state index in [2.05, 4.69) is 43.8 Å². The summed E-state index contributed by atoms with van der Waals surface area (Å²) < 4.78 is 2.42. The van der Waals surface area contributed by atoms with Crippen LogP contribution in [0.15, 0.2) is 21.7 Å². The van der Waals surface area contributed by atoms with Gasteiger partial charge in [-0.2, -0.15) is 5.26 Å². The molecule has 0 bridgehead atoms. The first kappa shape index (κ1) is 17.8. The van der Waals surface area contributed by atoms with Gasteiger partial charge in [0.05, 0.1) is 15.4 Å². The predicted molar refractivity (Wildman–Crippen MR) is 95.0 cm³/mol. The molecule has 0 aliphatic heterocycles. The molecule has 2 rings (SSSR count). The zero-order chi connectivity index (χ0) is 17.4. The minimum absolute atomic E-state index is 0.109. The Bertz CT molecular complexity index is 761. The van der Waals surface area contributed by atoms with Crippen molar-refractivity contribution in [3.63, 3.8) is 0 Å². The van der Waals surface area contributed by atoms with Gasteiger partial charge in [0.2, 0.25) is 0 Å². The van der Waals surface area contributed by atoms with E-state index >= 15 is 0 Å². The number of carboxylic acid groups (broad SMARTS) is 1. The van der Waals surface area contributed by atoms with Crippen LogP contribution in [0.5, 0.6) is 0 Å². The van der Waals surface area contributed by atoms with Crippen LogP contribution in [0, 0.1) is 40.4 Å². The van der Waals surface area contributed by atoms with Gasteiger partial charge in [0, 0.05) is 12.1 Å². The molecule has 0 radical (unpaired) electrons. The molecule has 1 saturated carbocycles. The molecule has 23 heavy (non-hydrogen) atoms. The third kappa shape index (κ3) is 2.86. The molecular formula is C17H16Br2N2O2. The van der Waals surface area contributed by atoms with Crippen LogP contribution in [0.2, 0.25) is 0 Å². The number of terminal acetylenes is 1. The molecule has 1 aliphatic rings. The van der Waals surface area contributed by atoms with Crippen molar-refractivity contribution in [1.29, 1.82) is 5.26 Å². The standard InChI is InChI=1S/C17H16Br2N2O2/c1-4-5-21-10-11(6-12(21)9-20)8-17(15(22)23)13(7-14(18)19)16(17,2)3/h1,6-7,10,13H,5,8H2,2-3H3,(H,22,23)/t13-,17+/m1/s1. The third-order valence-electron chi connectivity index (χ3n) is 4.86. The van der Waals surface area contributed by atoms with E-state index in [1.807, 2.05) is 19.9 Å². The molecule has 120 valence electrons. The minimum atomic E-state index is -0.894. The van der Waals surface area contributed by atoms with Gasteiger partial charge in [0.25, 0.3) is 0 Å². The molecule has 2 atom stereocenters. The van der Waals surface area contributed by atoms with Crippen LogP contribution in [-0.4, -0.2) is 15.6 Å². The van der Waals surface area contributed by atoms with Crippen molar-refractivity contribution in [2.24, 2.45) is 16.7 Å². The maximum atomic E-state index is 12.0. The summed E-state index contributed by atoms with van der Waals surface area (Å²) in [5, 5.41) is 19.0. The van der Waals surface area contributed by atoms with Gasteiger partial charge in [-0.3, -0.25) is 4.79 Å². The molecule has 1 aromatic rings. The lowest BCUT2D eigenvalue weighted by atomic mass is 9.89. The molecule has 1 heterocycles. The number of hydrogen-bond acceptors (Lipinski definition) is 2. The monoisotopic (exact) mass is 438 g/mol. The average molecular weight is 440 g/mol. The molecule has 4 nitrogen and oxygen atoms in total. The van der Waals surface area contributed by atoms with E-state index in [1.54, 1.807) is 16.8 Å². The SMILES string of the molecule is C#CCn1cc(C[C@@]2(C(=O)O)[C@H](C=C(Br)Br)C2(C)C)cc1C#N. The number of nitrogens with zero attached hydrogens (tertiary/aromatic N) is 2. The molecule has 1 fully saturated rings. The van der Waals surface area contributed by atoms with Crippen molar-refractivity contribution in [2.75, 3.05) is 0 Å². The lowest BCUT2D eigenvalue weighted by Gasteiger charge is -2.14. The normalized spacial score (nSPS) is 24.3. The summed E-state index contributed by atoms with van der Waals surface area (Å²) in [4.78, 5) is 12.0. The van der Waals surface area contributed by atoms with E-state index in [1.165, 1.54) is 0 Å². The van der Waals surface area contributed by atoms with E-state index in [9.17, 15) is 15.2 Å². The van der Waals surface area contributed by atoms with Crippen LogP contribution in [0.3, 0.4) is 0 Å². The molecule has 0 spiro atoms. The molecule has 0 saturated heterocycles. The van der Waals surface area contributed by atoms with Gasteiger partial charge in [0.1, 0.15) is 11.8 Å². The van der Waals surface area contributed by atoms with E-state index in [4.69, 9.17) is 6.42 Å². The number of aromatic nitrogens is 1. The third-order valence-corrected chi connectivity index (χ3v) is 5.39. The summed E-state index contributed by atoms with van der Waals surface area (Å²) in [6, 6.07) is 3.82. The summed E-state index contributed by atoms with van der Waals surface area (Å²) in [5.41, 5.74) is -0.0128. The van der Waals surface area contributed by atoms with Crippen LogP contribution >= 0.6 is 31.9 Å². The van der Waals surface area contributed by atoms with Crippen molar-refractivity contribution in [2.45, 2.75) is 26.8 Å². The number of allylic oxidation sites excluding steroid dienone is 1. The van der Waals surface area contributed by atoms with Crippen LogP contribution in [0.1, 0.15) is 25.1 Å². The molecule has 1 N–H and O–H groups in total. The van der Waals surface area contributed by atoms with Gasteiger partial charge in [-0.1, -0.05) is 25.8 Å². The number of nitriles is 1. The van der Waals surface area contributed by atoms with Crippen molar-refractivity contribution in [3.8, 4) is 18.4 Å². The maximum Gasteiger partial charge on any atom is 0.311 e. The summed E-state index contributed by atoms with van der Waals surface area (Å²) in [7, 11) is 0. The Labute approximate surface area is 152 Å². The maximum absolute atomic E-state index is 12.0. The minimum Gasteiger partial charge on any atom is -0.481 e. The summed E-state index contributed by atoms with van der Waals surface area (Å²) in [6.45, 7) is 4.20. The highest BCUT2D eigenvalue weighted by Gasteiger charge is 2.74. The fraction of sp³-hybridized carbons (Fsp3) is 0.412. The van der Waals surface area contributed by atoms with Gasteiger partial charge in [0.15, 0.2) is 0 Å². The fourth-order valence-corrected chi connectivity index (χ4v) is 4.03. The Balaban J connectivity index is 2.40. The Hall–Kier alpha value is -1.50. The largest absolute Gasteiger partial charge is 0.481 e. The highest BCUT2D eigenvalue weighted by Crippen LogP contribution is 2.71. The van der Waals surface area contributed by atoms with E-state index in [-0.39, 0.29) is 11.3 Å². The van der Waals surface area contributed by atoms with Gasteiger partial charge in [-0.25, -0.2) is 0 Å². The number of carbonyl (C=O) groups is 1. The Morgan fingerprint density at radius 3 is 2.70 bits per heavy atom. The molecule has 0 aromatic carbocycles. The van der Waals surface area contributed by atoms with E-state index in [0.29, 0.717) is 18.7 Å². The zero-order valence-corrected chi connectivity index (χ0v) is 16.0. The van der Waals surface area contributed by atoms with Gasteiger partial charge >= 0.3 is 5.97 Å². The first-order valence-electron chi connectivity index (χ1n) is 6.99. The predicted octanol–water partition coefficient (Wildman–Crippen LogP) is 3.89. The Morgan fingerprint density at radius 2 is 2.22 bits per heavy atom. The summed E-state index contributed by atoms with van der Waals surface area (Å²) >= 11 is 6.63. The second kappa shape index (κ2) is 6.19. The Kier molecular flexibility index (Phi) is 4.80. The molecular weight excluding hydrogens is 424 g/mol. The summed E-state index contributed by atoms with van der Waals surface area (Å²) in [5.74, 6) is 1.56. The average Bonchev–Trinajstić information content (AvgIpc) is 2.77. The van der Waals surface area contributed by atoms with Crippen molar-refractivity contribution < 1.29 is 9.90 Å². The highest BCUT2D eigenvalue weighted by molar-refractivity contribution is 9.28. The van der Waals surface area contributed by atoms with Gasteiger partial charge < -0.3 is 9.67 Å². The lowest BCUT2D eigenvalue weighted by Crippen LogP contribution is -2.24. The van der Waals surface area contributed by atoms with Crippen LogP contribution < -0.4 is 0 Å². The van der Waals surface area contributed by atoms with E-state index < -0.39 is 11.4 Å². The lowest BCUT2D eigenvalue weighted by molar-refractivity contribution is -0.145. The molecule has 6 heteroatoms. The molecule has 1 aromatic heterocycles. The first-order valence-corrected chi connectivity index (χ1v) is 8.58. The number of aliphatic carboxylic acids is 1. The summed E-state index contributed by atoms with van der Waals surface area (Å²) in [6.07, 6.45) is 9.33. The molecule has 0 amide bonds. The van der Waals surface area contributed by atoms with Crippen molar-refractivity contribution in [3.05, 3.63) is 33.0 Å². The highest BCUT2D eigenvalue weighted by atomic mass is 79.9.